The molecule has 0 amide bonds. The molecule has 0 aromatic heterocycles. The molecule has 0 bridgehead atoms. The predicted molar refractivity (Wildman–Crippen MR) is 44.1 cm³/mol. The molecule has 5 heteroatoms. The number of hydrogen-bond acceptors (Lipinski definition) is 2. The van der Waals surface area contributed by atoms with Crippen LogP contribution in [0.25, 0.3) is 0 Å². The van der Waals surface area contributed by atoms with E-state index in [9.17, 15) is 18.3 Å². The van der Waals surface area contributed by atoms with Crippen molar-refractivity contribution < 1.29 is 18.3 Å². The van der Waals surface area contributed by atoms with E-state index in [-0.39, 0.29) is 18.9 Å². The number of nitrogens with two attached hydrogens (primary N) is 1. The van der Waals surface area contributed by atoms with Gasteiger partial charge in [-0.1, -0.05) is 13.8 Å². The fourth-order valence-corrected chi connectivity index (χ4v) is 0.985. The van der Waals surface area contributed by atoms with Crippen LogP contribution < -0.4 is 5.73 Å². The average molecular weight is 199 g/mol. The van der Waals surface area contributed by atoms with Gasteiger partial charge in [0.2, 0.25) is 0 Å². The topological polar surface area (TPSA) is 46.2 Å². The molecule has 0 radical (unpaired) electrons. The van der Waals surface area contributed by atoms with Gasteiger partial charge in [0.15, 0.2) is 0 Å². The van der Waals surface area contributed by atoms with Gasteiger partial charge < -0.3 is 10.8 Å². The summed E-state index contributed by atoms with van der Waals surface area (Å²) in [5.74, 6) is -0.264. The van der Waals surface area contributed by atoms with Crippen molar-refractivity contribution in [3.8, 4) is 0 Å². The SMILES string of the molecule is CC(C)C(O)(CN)CCC(F)(F)F. The molecule has 0 aromatic rings. The number of alkyl halides is 3. The van der Waals surface area contributed by atoms with Crippen LogP contribution in [0.1, 0.15) is 26.7 Å². The lowest BCUT2D eigenvalue weighted by Gasteiger charge is -2.31. The lowest BCUT2D eigenvalue weighted by Crippen LogP contribution is -2.43. The van der Waals surface area contributed by atoms with Gasteiger partial charge in [0.25, 0.3) is 0 Å². The molecule has 0 saturated heterocycles. The van der Waals surface area contributed by atoms with E-state index in [1.165, 1.54) is 0 Å². The van der Waals surface area contributed by atoms with Crippen LogP contribution in [0.3, 0.4) is 0 Å². The molecule has 0 aliphatic rings. The number of rotatable bonds is 4. The van der Waals surface area contributed by atoms with Gasteiger partial charge in [-0.15, -0.1) is 0 Å². The summed E-state index contributed by atoms with van der Waals surface area (Å²) < 4.78 is 35.5. The molecule has 2 nitrogen and oxygen atoms in total. The monoisotopic (exact) mass is 199 g/mol. The molecule has 1 unspecified atom stereocenters. The van der Waals surface area contributed by atoms with E-state index in [0.717, 1.165) is 0 Å². The molecule has 0 aromatic carbocycles. The van der Waals surface area contributed by atoms with Gasteiger partial charge in [0, 0.05) is 13.0 Å². The van der Waals surface area contributed by atoms with Gasteiger partial charge in [-0.2, -0.15) is 13.2 Å². The fourth-order valence-electron chi connectivity index (χ4n) is 0.985. The van der Waals surface area contributed by atoms with E-state index in [4.69, 9.17) is 5.73 Å². The van der Waals surface area contributed by atoms with Crippen LogP contribution in [-0.4, -0.2) is 23.4 Å². The van der Waals surface area contributed by atoms with Crippen LogP contribution in [0.2, 0.25) is 0 Å². The average Bonchev–Trinajstić information content (AvgIpc) is 1.98. The lowest BCUT2D eigenvalue weighted by atomic mass is 9.86. The molecular weight excluding hydrogens is 183 g/mol. The van der Waals surface area contributed by atoms with Gasteiger partial charge in [-0.25, -0.2) is 0 Å². The molecule has 13 heavy (non-hydrogen) atoms. The summed E-state index contributed by atoms with van der Waals surface area (Å²) in [6.07, 6.45) is -5.54. The smallest absolute Gasteiger partial charge is 0.388 e. The Bertz CT molecular complexity index is 158. The molecule has 1 atom stereocenters. The van der Waals surface area contributed by atoms with Crippen molar-refractivity contribution in [2.24, 2.45) is 11.7 Å². The minimum Gasteiger partial charge on any atom is -0.388 e. The molecule has 0 heterocycles. The molecule has 0 aliphatic heterocycles. The van der Waals surface area contributed by atoms with E-state index in [1.54, 1.807) is 13.8 Å². The molecule has 0 fully saturated rings. The highest BCUT2D eigenvalue weighted by Crippen LogP contribution is 2.29. The summed E-state index contributed by atoms with van der Waals surface area (Å²) in [4.78, 5) is 0. The highest BCUT2D eigenvalue weighted by Gasteiger charge is 2.35. The van der Waals surface area contributed by atoms with Crippen molar-refractivity contribution in [1.82, 2.24) is 0 Å². The summed E-state index contributed by atoms with van der Waals surface area (Å²) in [6.45, 7) is 3.17. The predicted octanol–water partition coefficient (Wildman–Crippen LogP) is 1.67. The van der Waals surface area contributed by atoms with Gasteiger partial charge in [0.05, 0.1) is 5.60 Å². The maximum atomic E-state index is 11.8. The van der Waals surface area contributed by atoms with Gasteiger partial charge in [-0.05, 0) is 12.3 Å². The third-order valence-electron chi connectivity index (χ3n) is 2.27. The standard InChI is InChI=1S/C8H16F3NO/c1-6(2)7(13,5-12)3-4-8(9,10)11/h6,13H,3-5,12H2,1-2H3. The Kier molecular flexibility index (Phi) is 4.19. The minimum absolute atomic E-state index is 0.138. The summed E-state index contributed by atoms with van der Waals surface area (Å²) in [5.41, 5.74) is 3.83. The van der Waals surface area contributed by atoms with E-state index < -0.39 is 18.2 Å². The summed E-state index contributed by atoms with van der Waals surface area (Å²) in [6, 6.07) is 0. The van der Waals surface area contributed by atoms with E-state index in [1.807, 2.05) is 0 Å². The van der Waals surface area contributed by atoms with Gasteiger partial charge in [0.1, 0.15) is 0 Å². The van der Waals surface area contributed by atoms with Crippen LogP contribution in [0, 0.1) is 5.92 Å². The third kappa shape index (κ3) is 4.47. The van der Waals surface area contributed by atoms with Crippen molar-refractivity contribution in [2.45, 2.75) is 38.5 Å². The van der Waals surface area contributed by atoms with E-state index in [0.29, 0.717) is 0 Å². The Morgan fingerprint density at radius 3 is 1.92 bits per heavy atom. The highest BCUT2D eigenvalue weighted by atomic mass is 19.4. The van der Waals surface area contributed by atoms with E-state index >= 15 is 0 Å². The third-order valence-corrected chi connectivity index (χ3v) is 2.27. The van der Waals surface area contributed by atoms with Crippen LogP contribution in [0.15, 0.2) is 0 Å². The Hall–Kier alpha value is -0.290. The Morgan fingerprint density at radius 1 is 1.23 bits per heavy atom. The van der Waals surface area contributed by atoms with Crippen molar-refractivity contribution in [3.05, 3.63) is 0 Å². The largest absolute Gasteiger partial charge is 0.389 e. The number of halogens is 3. The Balaban J connectivity index is 4.14. The van der Waals surface area contributed by atoms with Crippen molar-refractivity contribution in [3.63, 3.8) is 0 Å². The van der Waals surface area contributed by atoms with Gasteiger partial charge >= 0.3 is 6.18 Å². The van der Waals surface area contributed by atoms with Crippen LogP contribution >= 0.6 is 0 Å². The fraction of sp³-hybridized carbons (Fsp3) is 1.00. The van der Waals surface area contributed by atoms with Crippen LogP contribution in [-0.2, 0) is 0 Å². The van der Waals surface area contributed by atoms with Gasteiger partial charge in [-0.3, -0.25) is 0 Å². The summed E-state index contributed by atoms with van der Waals surface area (Å²) in [5, 5.41) is 9.64. The Morgan fingerprint density at radius 2 is 1.69 bits per heavy atom. The minimum atomic E-state index is -4.22. The first-order valence-electron chi connectivity index (χ1n) is 4.20. The molecule has 0 aliphatic carbocycles. The molecular formula is C8H16F3NO. The molecule has 0 spiro atoms. The molecule has 0 rings (SSSR count). The number of hydrogen-bond donors (Lipinski definition) is 2. The zero-order valence-electron chi connectivity index (χ0n) is 7.86. The highest BCUT2D eigenvalue weighted by molar-refractivity contribution is 4.83. The van der Waals surface area contributed by atoms with Crippen LogP contribution in [0.5, 0.6) is 0 Å². The second-order valence-corrected chi connectivity index (χ2v) is 3.58. The Labute approximate surface area is 75.9 Å². The second kappa shape index (κ2) is 4.28. The van der Waals surface area contributed by atoms with Crippen molar-refractivity contribution in [2.75, 3.05) is 6.54 Å². The van der Waals surface area contributed by atoms with Crippen molar-refractivity contribution >= 4 is 0 Å². The lowest BCUT2D eigenvalue weighted by molar-refractivity contribution is -0.149. The normalized spacial score (nSPS) is 17.5. The maximum Gasteiger partial charge on any atom is 0.389 e. The zero-order valence-corrected chi connectivity index (χ0v) is 7.86. The molecule has 0 saturated carbocycles. The molecule has 80 valence electrons. The van der Waals surface area contributed by atoms with E-state index in [2.05, 4.69) is 0 Å². The second-order valence-electron chi connectivity index (χ2n) is 3.58. The van der Waals surface area contributed by atoms with Crippen LogP contribution in [0.4, 0.5) is 13.2 Å². The zero-order chi connectivity index (χ0) is 10.7. The summed E-state index contributed by atoms with van der Waals surface area (Å²) in [7, 11) is 0. The first kappa shape index (κ1) is 12.7. The summed E-state index contributed by atoms with van der Waals surface area (Å²) >= 11 is 0. The number of aliphatic hydroxyl groups is 1. The quantitative estimate of drug-likeness (QED) is 0.723. The maximum absolute atomic E-state index is 11.8. The first-order chi connectivity index (χ1) is 5.71. The first-order valence-corrected chi connectivity index (χ1v) is 4.20. The molecule has 3 N–H and O–H groups in total. The van der Waals surface area contributed by atoms with Crippen molar-refractivity contribution in [1.29, 1.82) is 0 Å².